The molecule has 3 rings (SSSR count). The van der Waals surface area contributed by atoms with Gasteiger partial charge >= 0.3 is 4.87 Å². The number of methoxy groups -OCH3 is 1. The Balaban J connectivity index is 1.87. The zero-order chi connectivity index (χ0) is 13.9. The van der Waals surface area contributed by atoms with Crippen LogP contribution in [-0.4, -0.2) is 12.1 Å². The average molecular weight is 285 g/mol. The van der Waals surface area contributed by atoms with E-state index in [1.54, 1.807) is 7.11 Å². The molecule has 0 amide bonds. The molecule has 0 aliphatic rings. The molecule has 0 fully saturated rings. The van der Waals surface area contributed by atoms with Gasteiger partial charge in [0, 0.05) is 0 Å². The number of nitrogens with one attached hydrogen (secondary N) is 1. The van der Waals surface area contributed by atoms with Crippen molar-refractivity contribution in [1.29, 1.82) is 0 Å². The third-order valence-electron chi connectivity index (χ3n) is 2.76. The van der Waals surface area contributed by atoms with Crippen LogP contribution < -0.4 is 9.61 Å². The fraction of sp³-hybridized carbons (Fsp3) is 0.0714. The highest BCUT2D eigenvalue weighted by atomic mass is 32.1. The van der Waals surface area contributed by atoms with E-state index >= 15 is 0 Å². The molecular weight excluding hydrogens is 274 g/mol. The molecule has 0 saturated heterocycles. The number of hydrogen-bond acceptors (Lipinski definition) is 5. The van der Waals surface area contributed by atoms with Crippen LogP contribution in [0.5, 0.6) is 5.75 Å². The van der Waals surface area contributed by atoms with Crippen molar-refractivity contribution in [2.24, 2.45) is 10.2 Å². The van der Waals surface area contributed by atoms with E-state index in [1.807, 2.05) is 42.5 Å². The quantitative estimate of drug-likeness (QED) is 0.739. The minimum absolute atomic E-state index is 0.0655. The van der Waals surface area contributed by atoms with Crippen LogP contribution in [0.15, 0.2) is 57.5 Å². The highest BCUT2D eigenvalue weighted by Gasteiger charge is 2.00. The van der Waals surface area contributed by atoms with Crippen LogP contribution in [0.3, 0.4) is 0 Å². The molecule has 20 heavy (non-hydrogen) atoms. The van der Waals surface area contributed by atoms with Crippen molar-refractivity contribution >= 4 is 32.9 Å². The number of H-pyrrole nitrogens is 1. The normalized spacial score (nSPS) is 11.2. The van der Waals surface area contributed by atoms with Gasteiger partial charge in [-0.25, -0.2) is 0 Å². The van der Waals surface area contributed by atoms with E-state index < -0.39 is 0 Å². The molecule has 100 valence electrons. The standard InChI is InChI=1S/C14H11N3O2S/c1-19-11-5-2-9(3-6-11)16-17-10-4-7-12-13(8-10)20-14(18)15-12/h2-8H,1H3,(H,15,18). The van der Waals surface area contributed by atoms with Crippen molar-refractivity contribution in [2.45, 2.75) is 0 Å². The van der Waals surface area contributed by atoms with Crippen molar-refractivity contribution in [3.63, 3.8) is 0 Å². The Kier molecular flexibility index (Phi) is 3.30. The molecule has 5 nitrogen and oxygen atoms in total. The van der Waals surface area contributed by atoms with E-state index in [9.17, 15) is 4.79 Å². The van der Waals surface area contributed by atoms with Gasteiger partial charge in [-0.3, -0.25) is 4.79 Å². The first-order chi connectivity index (χ1) is 9.74. The van der Waals surface area contributed by atoms with E-state index in [0.717, 1.165) is 33.0 Å². The van der Waals surface area contributed by atoms with Crippen molar-refractivity contribution in [3.05, 3.63) is 52.1 Å². The van der Waals surface area contributed by atoms with Gasteiger partial charge in [0.25, 0.3) is 0 Å². The third-order valence-corrected chi connectivity index (χ3v) is 3.60. The molecule has 0 unspecified atom stereocenters. The fourth-order valence-electron chi connectivity index (χ4n) is 1.76. The minimum atomic E-state index is -0.0655. The van der Waals surface area contributed by atoms with E-state index in [1.165, 1.54) is 0 Å². The van der Waals surface area contributed by atoms with Crippen molar-refractivity contribution in [1.82, 2.24) is 4.98 Å². The molecule has 1 aromatic heterocycles. The number of hydrogen-bond donors (Lipinski definition) is 1. The number of azo groups is 1. The van der Waals surface area contributed by atoms with Gasteiger partial charge in [0.2, 0.25) is 0 Å². The number of nitrogens with zero attached hydrogens (tertiary/aromatic N) is 2. The van der Waals surface area contributed by atoms with Gasteiger partial charge < -0.3 is 9.72 Å². The Morgan fingerprint density at radius 3 is 2.50 bits per heavy atom. The third kappa shape index (κ3) is 2.60. The van der Waals surface area contributed by atoms with Crippen LogP contribution in [0.25, 0.3) is 10.2 Å². The van der Waals surface area contributed by atoms with E-state index in [-0.39, 0.29) is 4.87 Å². The molecule has 0 aliphatic carbocycles. The molecule has 1 N–H and O–H groups in total. The van der Waals surface area contributed by atoms with E-state index in [2.05, 4.69) is 15.2 Å². The highest BCUT2D eigenvalue weighted by Crippen LogP contribution is 2.24. The molecule has 3 aromatic rings. The van der Waals surface area contributed by atoms with Crippen molar-refractivity contribution in [3.8, 4) is 5.75 Å². The molecule has 2 aromatic carbocycles. The molecule has 6 heteroatoms. The smallest absolute Gasteiger partial charge is 0.305 e. The summed E-state index contributed by atoms with van der Waals surface area (Å²) in [5, 5.41) is 8.32. The summed E-state index contributed by atoms with van der Waals surface area (Å²) >= 11 is 1.16. The topological polar surface area (TPSA) is 66.8 Å². The average Bonchev–Trinajstić information content (AvgIpc) is 2.85. The van der Waals surface area contributed by atoms with Gasteiger partial charge in [0.15, 0.2) is 0 Å². The van der Waals surface area contributed by atoms with E-state index in [0.29, 0.717) is 5.69 Å². The van der Waals surface area contributed by atoms with E-state index in [4.69, 9.17) is 4.74 Å². The van der Waals surface area contributed by atoms with Gasteiger partial charge in [-0.1, -0.05) is 11.3 Å². The molecule has 0 spiro atoms. The first kappa shape index (κ1) is 12.6. The summed E-state index contributed by atoms with van der Waals surface area (Å²) in [4.78, 5) is 13.9. The van der Waals surface area contributed by atoms with Crippen LogP contribution >= 0.6 is 11.3 Å². The Morgan fingerprint density at radius 2 is 1.75 bits per heavy atom. The summed E-state index contributed by atoms with van der Waals surface area (Å²) in [7, 11) is 1.62. The zero-order valence-electron chi connectivity index (χ0n) is 10.7. The van der Waals surface area contributed by atoms with Crippen LogP contribution in [0.1, 0.15) is 0 Å². The predicted molar refractivity (Wildman–Crippen MR) is 79.6 cm³/mol. The summed E-state index contributed by atoms with van der Waals surface area (Å²) in [5.74, 6) is 0.780. The SMILES string of the molecule is COc1ccc(N=Nc2ccc3[nH]c(=O)sc3c2)cc1. The molecule has 0 saturated carbocycles. The van der Waals surface area contributed by atoms with Gasteiger partial charge in [-0.15, -0.1) is 0 Å². The van der Waals surface area contributed by atoms with Gasteiger partial charge in [-0.05, 0) is 42.5 Å². The molecule has 0 atom stereocenters. The van der Waals surface area contributed by atoms with Gasteiger partial charge in [-0.2, -0.15) is 10.2 Å². The Hall–Kier alpha value is -2.47. The summed E-state index contributed by atoms with van der Waals surface area (Å²) in [6.07, 6.45) is 0. The molecule has 1 heterocycles. The summed E-state index contributed by atoms with van der Waals surface area (Å²) < 4.78 is 5.95. The predicted octanol–water partition coefficient (Wildman–Crippen LogP) is 4.01. The Morgan fingerprint density at radius 1 is 1.05 bits per heavy atom. The van der Waals surface area contributed by atoms with Crippen LogP contribution in [0.2, 0.25) is 0 Å². The lowest BCUT2D eigenvalue weighted by Gasteiger charge is -1.98. The number of ether oxygens (including phenoxy) is 1. The van der Waals surface area contributed by atoms with Crippen LogP contribution in [0.4, 0.5) is 11.4 Å². The minimum Gasteiger partial charge on any atom is -0.497 e. The highest BCUT2D eigenvalue weighted by molar-refractivity contribution is 7.16. The van der Waals surface area contributed by atoms with Gasteiger partial charge in [0.05, 0.1) is 28.7 Å². The molecular formula is C14H11N3O2S. The second kappa shape index (κ2) is 5.26. The number of thiazole rings is 1. The molecule has 0 bridgehead atoms. The van der Waals surface area contributed by atoms with Crippen LogP contribution in [-0.2, 0) is 0 Å². The maximum Gasteiger partial charge on any atom is 0.305 e. The number of fused-ring (bicyclic) bond motifs is 1. The summed E-state index contributed by atoms with van der Waals surface area (Å²) in [5.41, 5.74) is 2.28. The molecule has 0 radical (unpaired) electrons. The Bertz CT molecular complexity index is 818. The number of aromatic amines is 1. The Labute approximate surface area is 118 Å². The molecule has 0 aliphatic heterocycles. The second-order valence-electron chi connectivity index (χ2n) is 4.09. The largest absolute Gasteiger partial charge is 0.497 e. The first-order valence-corrected chi connectivity index (χ1v) is 6.75. The monoisotopic (exact) mass is 285 g/mol. The summed E-state index contributed by atoms with van der Waals surface area (Å²) in [6.45, 7) is 0. The lowest BCUT2D eigenvalue weighted by molar-refractivity contribution is 0.415. The zero-order valence-corrected chi connectivity index (χ0v) is 11.5. The number of rotatable bonds is 3. The van der Waals surface area contributed by atoms with Gasteiger partial charge in [0.1, 0.15) is 5.75 Å². The number of benzene rings is 2. The van der Waals surface area contributed by atoms with Crippen molar-refractivity contribution in [2.75, 3.05) is 7.11 Å². The van der Waals surface area contributed by atoms with Crippen LogP contribution in [0, 0.1) is 0 Å². The lowest BCUT2D eigenvalue weighted by Crippen LogP contribution is -1.89. The fourth-order valence-corrected chi connectivity index (χ4v) is 2.53. The first-order valence-electron chi connectivity index (χ1n) is 5.93. The number of aromatic nitrogens is 1. The maximum absolute atomic E-state index is 11.2. The summed E-state index contributed by atoms with van der Waals surface area (Å²) in [6, 6.07) is 12.8. The lowest BCUT2D eigenvalue weighted by atomic mass is 10.3. The van der Waals surface area contributed by atoms with Crippen molar-refractivity contribution < 1.29 is 4.74 Å². The second-order valence-corrected chi connectivity index (χ2v) is 5.11. The maximum atomic E-state index is 11.2.